The zero-order valence-corrected chi connectivity index (χ0v) is 14.0. The Morgan fingerprint density at radius 1 is 1.10 bits per heavy atom. The van der Waals surface area contributed by atoms with Crippen LogP contribution >= 0.6 is 11.8 Å². The first-order valence-corrected chi connectivity index (χ1v) is 8.99. The molecule has 1 amide bonds. The molecule has 1 aliphatic carbocycles. The highest BCUT2D eigenvalue weighted by molar-refractivity contribution is 8.00. The fourth-order valence-electron chi connectivity index (χ4n) is 3.85. The van der Waals surface area contributed by atoms with Crippen LogP contribution in [0.1, 0.15) is 58.8 Å². The van der Waals surface area contributed by atoms with Crippen molar-refractivity contribution >= 4 is 23.6 Å². The Hall–Kier alpha value is -0.710. The van der Waals surface area contributed by atoms with E-state index in [4.69, 9.17) is 0 Å². The second-order valence-corrected chi connectivity index (χ2v) is 8.75. The van der Waals surface area contributed by atoms with Gasteiger partial charge in [0.1, 0.15) is 0 Å². The van der Waals surface area contributed by atoms with Crippen molar-refractivity contribution in [1.82, 2.24) is 4.90 Å². The maximum atomic E-state index is 12.7. The molecule has 0 bridgehead atoms. The molecule has 120 valence electrons. The molecule has 1 heterocycles. The van der Waals surface area contributed by atoms with Gasteiger partial charge < -0.3 is 10.0 Å². The highest BCUT2D eigenvalue weighted by Crippen LogP contribution is 2.43. The van der Waals surface area contributed by atoms with Gasteiger partial charge >= 0.3 is 5.97 Å². The smallest absolute Gasteiger partial charge is 0.303 e. The van der Waals surface area contributed by atoms with Crippen LogP contribution in [0.15, 0.2) is 0 Å². The summed E-state index contributed by atoms with van der Waals surface area (Å²) in [5.41, 5.74) is -0.293. The minimum atomic E-state index is -0.763. The van der Waals surface area contributed by atoms with Crippen molar-refractivity contribution in [3.63, 3.8) is 0 Å². The summed E-state index contributed by atoms with van der Waals surface area (Å²) in [5, 5.41) is 10.2. The summed E-state index contributed by atoms with van der Waals surface area (Å²) >= 11 is 1.93. The SMILES string of the molecule is CC1CN(C(=O)CC2(CC(=O)O)CCCCC2)CC(C)S1. The highest BCUT2D eigenvalue weighted by Gasteiger charge is 2.38. The fraction of sp³-hybridized carbons (Fsp3) is 0.875. The molecule has 4 nitrogen and oxygen atoms in total. The lowest BCUT2D eigenvalue weighted by molar-refractivity contribution is -0.142. The van der Waals surface area contributed by atoms with E-state index in [1.807, 2.05) is 16.7 Å². The molecule has 2 atom stereocenters. The molecule has 0 aromatic heterocycles. The standard InChI is InChI=1S/C16H27NO3S/c1-12-10-17(11-13(2)21-12)14(18)8-16(9-15(19)20)6-4-3-5-7-16/h12-13H,3-11H2,1-2H3,(H,19,20). The molecule has 2 rings (SSSR count). The molecule has 2 fully saturated rings. The number of hydrogen-bond donors (Lipinski definition) is 1. The molecule has 0 aromatic carbocycles. The van der Waals surface area contributed by atoms with Gasteiger partial charge in [-0.3, -0.25) is 9.59 Å². The zero-order valence-electron chi connectivity index (χ0n) is 13.1. The third kappa shape index (κ3) is 4.63. The molecule has 21 heavy (non-hydrogen) atoms. The molecule has 5 heteroatoms. The minimum absolute atomic E-state index is 0.145. The first-order valence-electron chi connectivity index (χ1n) is 8.05. The van der Waals surface area contributed by atoms with Gasteiger partial charge in [0.15, 0.2) is 0 Å². The Morgan fingerprint density at radius 2 is 1.67 bits per heavy atom. The van der Waals surface area contributed by atoms with Gasteiger partial charge in [-0.05, 0) is 18.3 Å². The first-order chi connectivity index (χ1) is 9.90. The van der Waals surface area contributed by atoms with Crippen molar-refractivity contribution in [2.24, 2.45) is 5.41 Å². The van der Waals surface area contributed by atoms with Gasteiger partial charge in [-0.2, -0.15) is 11.8 Å². The molecular weight excluding hydrogens is 286 g/mol. The van der Waals surface area contributed by atoms with E-state index in [0.29, 0.717) is 16.9 Å². The summed E-state index contributed by atoms with van der Waals surface area (Å²) in [6.45, 7) is 5.93. The quantitative estimate of drug-likeness (QED) is 0.866. The van der Waals surface area contributed by atoms with Crippen LogP contribution in [0, 0.1) is 5.41 Å². The number of thioether (sulfide) groups is 1. The highest BCUT2D eigenvalue weighted by atomic mass is 32.2. The zero-order chi connectivity index (χ0) is 15.5. The normalized spacial score (nSPS) is 29.1. The van der Waals surface area contributed by atoms with Crippen LogP contribution in [-0.4, -0.2) is 45.5 Å². The summed E-state index contributed by atoms with van der Waals surface area (Å²) in [5.74, 6) is -0.599. The van der Waals surface area contributed by atoms with E-state index in [1.54, 1.807) is 0 Å². The van der Waals surface area contributed by atoms with E-state index in [1.165, 1.54) is 6.42 Å². The number of nitrogens with zero attached hydrogens (tertiary/aromatic N) is 1. The Morgan fingerprint density at radius 3 is 2.19 bits per heavy atom. The van der Waals surface area contributed by atoms with E-state index >= 15 is 0 Å². The number of carbonyl (C=O) groups is 2. The van der Waals surface area contributed by atoms with Crippen LogP contribution in [0.4, 0.5) is 0 Å². The summed E-state index contributed by atoms with van der Waals surface area (Å²) < 4.78 is 0. The molecule has 1 saturated carbocycles. The van der Waals surface area contributed by atoms with Gasteiger partial charge in [-0.15, -0.1) is 0 Å². The van der Waals surface area contributed by atoms with Crippen molar-refractivity contribution in [3.8, 4) is 0 Å². The molecule has 1 aliphatic heterocycles. The molecule has 0 spiro atoms. The van der Waals surface area contributed by atoms with E-state index in [9.17, 15) is 14.7 Å². The van der Waals surface area contributed by atoms with E-state index in [0.717, 1.165) is 38.8 Å². The van der Waals surface area contributed by atoms with E-state index in [-0.39, 0.29) is 17.7 Å². The maximum absolute atomic E-state index is 12.7. The molecule has 0 aromatic rings. The third-order valence-corrected chi connectivity index (χ3v) is 5.97. The topological polar surface area (TPSA) is 57.6 Å². The lowest BCUT2D eigenvalue weighted by Crippen LogP contribution is -2.46. The summed E-state index contributed by atoms with van der Waals surface area (Å²) in [7, 11) is 0. The second-order valence-electron chi connectivity index (χ2n) is 6.86. The van der Waals surface area contributed by atoms with Gasteiger partial charge in [0.25, 0.3) is 0 Å². The molecule has 1 N–H and O–H groups in total. The van der Waals surface area contributed by atoms with Gasteiger partial charge in [0.2, 0.25) is 5.91 Å². The van der Waals surface area contributed by atoms with Crippen molar-refractivity contribution < 1.29 is 14.7 Å². The van der Waals surface area contributed by atoms with Crippen LogP contribution in [0.25, 0.3) is 0 Å². The molecular formula is C16H27NO3S. The van der Waals surface area contributed by atoms with Crippen molar-refractivity contribution in [3.05, 3.63) is 0 Å². The van der Waals surface area contributed by atoms with Gasteiger partial charge in [-0.1, -0.05) is 33.1 Å². The Bertz CT molecular complexity index is 383. The second kappa shape index (κ2) is 7.03. The molecule has 1 saturated heterocycles. The number of hydrogen-bond acceptors (Lipinski definition) is 3. The molecule has 0 radical (unpaired) electrons. The summed E-state index contributed by atoms with van der Waals surface area (Å²) in [4.78, 5) is 25.8. The Labute approximate surface area is 131 Å². The molecule has 2 aliphatic rings. The average molecular weight is 313 g/mol. The van der Waals surface area contributed by atoms with Gasteiger partial charge in [-0.25, -0.2) is 0 Å². The van der Waals surface area contributed by atoms with Gasteiger partial charge in [0.05, 0.1) is 6.42 Å². The Balaban J connectivity index is 2.01. The first kappa shape index (κ1) is 16.7. The van der Waals surface area contributed by atoms with Crippen LogP contribution in [0.2, 0.25) is 0 Å². The van der Waals surface area contributed by atoms with E-state index in [2.05, 4.69) is 13.8 Å². The van der Waals surface area contributed by atoms with Crippen molar-refractivity contribution in [2.75, 3.05) is 13.1 Å². The minimum Gasteiger partial charge on any atom is -0.481 e. The van der Waals surface area contributed by atoms with Crippen molar-refractivity contribution in [1.29, 1.82) is 0 Å². The fourth-order valence-corrected chi connectivity index (χ4v) is 5.18. The summed E-state index contributed by atoms with van der Waals surface area (Å²) in [6, 6.07) is 0. The van der Waals surface area contributed by atoms with Crippen LogP contribution in [-0.2, 0) is 9.59 Å². The van der Waals surface area contributed by atoms with Crippen LogP contribution in [0.5, 0.6) is 0 Å². The average Bonchev–Trinajstić information content (AvgIpc) is 2.37. The number of carboxylic acid groups (broad SMARTS) is 1. The number of carbonyl (C=O) groups excluding carboxylic acids is 1. The lowest BCUT2D eigenvalue weighted by atomic mass is 9.69. The third-order valence-electron chi connectivity index (χ3n) is 4.74. The number of aliphatic carboxylic acids is 1. The lowest BCUT2D eigenvalue weighted by Gasteiger charge is -2.40. The van der Waals surface area contributed by atoms with Crippen LogP contribution < -0.4 is 0 Å². The van der Waals surface area contributed by atoms with Crippen LogP contribution in [0.3, 0.4) is 0 Å². The Kier molecular flexibility index (Phi) is 5.58. The van der Waals surface area contributed by atoms with Gasteiger partial charge in [0, 0.05) is 30.0 Å². The number of carboxylic acids is 1. The van der Waals surface area contributed by atoms with Crippen molar-refractivity contribution in [2.45, 2.75) is 69.3 Å². The summed E-state index contributed by atoms with van der Waals surface area (Å²) in [6.07, 6.45) is 5.63. The largest absolute Gasteiger partial charge is 0.481 e. The molecule has 2 unspecified atom stereocenters. The predicted octanol–water partition coefficient (Wildman–Crippen LogP) is 3.15. The monoisotopic (exact) mass is 313 g/mol. The number of amides is 1. The number of rotatable bonds is 4. The van der Waals surface area contributed by atoms with E-state index < -0.39 is 5.97 Å². The predicted molar refractivity (Wildman–Crippen MR) is 85.5 cm³/mol. The maximum Gasteiger partial charge on any atom is 0.303 e.